The van der Waals surface area contributed by atoms with Crippen LogP contribution in [0.4, 0.5) is 10.1 Å². The van der Waals surface area contributed by atoms with E-state index in [0.717, 1.165) is 5.56 Å². The second-order valence-corrected chi connectivity index (χ2v) is 6.17. The molecule has 0 radical (unpaired) electrons. The summed E-state index contributed by atoms with van der Waals surface area (Å²) in [4.78, 5) is 14.2. The van der Waals surface area contributed by atoms with Crippen LogP contribution in [0.3, 0.4) is 0 Å². The summed E-state index contributed by atoms with van der Waals surface area (Å²) < 4.78 is 12.9. The number of carbonyl (C=O) groups is 1. The molecule has 6 heteroatoms. The molecule has 122 valence electrons. The molecule has 0 unspecified atom stereocenters. The number of amides is 1. The zero-order valence-corrected chi connectivity index (χ0v) is 14.3. The molecule has 0 spiro atoms. The molecule has 1 N–H and O–H groups in total. The van der Waals surface area contributed by atoms with Crippen molar-refractivity contribution in [3.63, 3.8) is 0 Å². The van der Waals surface area contributed by atoms with Crippen molar-refractivity contribution in [2.75, 3.05) is 12.4 Å². The van der Waals surface area contributed by atoms with Gasteiger partial charge in [0.15, 0.2) is 0 Å². The summed E-state index contributed by atoms with van der Waals surface area (Å²) in [5.41, 5.74) is 1.45. The van der Waals surface area contributed by atoms with Gasteiger partial charge in [-0.1, -0.05) is 35.3 Å². The molecule has 1 atom stereocenters. The normalized spacial score (nSPS) is 12.3. The molecule has 0 aromatic heterocycles. The molecule has 2 aromatic carbocycles. The van der Waals surface area contributed by atoms with E-state index in [0.29, 0.717) is 22.3 Å². The molecular formula is C17H17Cl2FN2O. The Morgan fingerprint density at radius 2 is 1.87 bits per heavy atom. The van der Waals surface area contributed by atoms with E-state index < -0.39 is 0 Å². The van der Waals surface area contributed by atoms with Crippen molar-refractivity contribution in [2.24, 2.45) is 0 Å². The van der Waals surface area contributed by atoms with Gasteiger partial charge < -0.3 is 5.32 Å². The first kappa shape index (κ1) is 17.7. The summed E-state index contributed by atoms with van der Waals surface area (Å²) in [6.45, 7) is 2.33. The van der Waals surface area contributed by atoms with E-state index in [1.165, 1.54) is 12.1 Å². The zero-order valence-electron chi connectivity index (χ0n) is 12.8. The van der Waals surface area contributed by atoms with Crippen LogP contribution in [-0.4, -0.2) is 23.9 Å². The molecule has 0 bridgehead atoms. The van der Waals surface area contributed by atoms with Gasteiger partial charge in [0, 0.05) is 11.6 Å². The van der Waals surface area contributed by atoms with E-state index >= 15 is 0 Å². The molecule has 0 saturated carbocycles. The number of halogens is 3. The van der Waals surface area contributed by atoms with Gasteiger partial charge in [-0.15, -0.1) is 0 Å². The number of nitrogens with one attached hydrogen (secondary N) is 1. The Morgan fingerprint density at radius 3 is 2.48 bits per heavy atom. The second kappa shape index (κ2) is 7.77. The third-order valence-electron chi connectivity index (χ3n) is 3.57. The Bertz CT molecular complexity index is 691. The highest BCUT2D eigenvalue weighted by Gasteiger charge is 2.19. The van der Waals surface area contributed by atoms with Crippen LogP contribution in [0.2, 0.25) is 10.0 Å². The van der Waals surface area contributed by atoms with Gasteiger partial charge in [0.2, 0.25) is 5.91 Å². The molecule has 0 saturated heterocycles. The number of likely N-dealkylation sites (N-methyl/N-ethyl adjacent to an activating group) is 1. The Hall–Kier alpha value is -1.62. The molecule has 3 nitrogen and oxygen atoms in total. The van der Waals surface area contributed by atoms with Crippen LogP contribution in [-0.2, 0) is 11.3 Å². The summed E-state index contributed by atoms with van der Waals surface area (Å²) in [5.74, 6) is -0.460. The lowest BCUT2D eigenvalue weighted by molar-refractivity contribution is -0.120. The average molecular weight is 355 g/mol. The fourth-order valence-corrected chi connectivity index (χ4v) is 2.50. The lowest BCUT2D eigenvalue weighted by Crippen LogP contribution is -2.39. The van der Waals surface area contributed by atoms with Gasteiger partial charge in [-0.25, -0.2) is 4.39 Å². The highest BCUT2D eigenvalue weighted by Crippen LogP contribution is 2.25. The van der Waals surface area contributed by atoms with Gasteiger partial charge in [0.05, 0.1) is 16.8 Å². The van der Waals surface area contributed by atoms with Crippen LogP contribution in [0, 0.1) is 5.82 Å². The maximum atomic E-state index is 12.9. The molecule has 1 amide bonds. The van der Waals surface area contributed by atoms with E-state index in [4.69, 9.17) is 23.2 Å². The van der Waals surface area contributed by atoms with Crippen molar-refractivity contribution in [3.8, 4) is 0 Å². The van der Waals surface area contributed by atoms with Crippen LogP contribution in [0.25, 0.3) is 0 Å². The minimum Gasteiger partial charge on any atom is -0.323 e. The largest absolute Gasteiger partial charge is 0.323 e. The van der Waals surface area contributed by atoms with E-state index in [2.05, 4.69) is 5.32 Å². The van der Waals surface area contributed by atoms with E-state index in [-0.39, 0.29) is 17.8 Å². The molecule has 2 aromatic rings. The average Bonchev–Trinajstić information content (AvgIpc) is 2.51. The molecule has 0 aliphatic heterocycles. The number of hydrogen-bond donors (Lipinski definition) is 1. The Kier molecular flexibility index (Phi) is 5.99. The Morgan fingerprint density at radius 1 is 1.22 bits per heavy atom. The van der Waals surface area contributed by atoms with Crippen molar-refractivity contribution in [2.45, 2.75) is 19.5 Å². The molecular weight excluding hydrogens is 338 g/mol. The zero-order chi connectivity index (χ0) is 17.0. The number of nitrogens with zero attached hydrogens (tertiary/aromatic N) is 1. The summed E-state index contributed by atoms with van der Waals surface area (Å²) >= 11 is 11.9. The second-order valence-electron chi connectivity index (χ2n) is 5.33. The maximum absolute atomic E-state index is 12.9. The number of rotatable bonds is 5. The first-order valence-electron chi connectivity index (χ1n) is 7.07. The minimum absolute atomic E-state index is 0.182. The van der Waals surface area contributed by atoms with Crippen LogP contribution >= 0.6 is 23.2 Å². The van der Waals surface area contributed by atoms with Crippen molar-refractivity contribution < 1.29 is 9.18 Å². The smallest absolute Gasteiger partial charge is 0.241 e. The number of benzene rings is 2. The van der Waals surface area contributed by atoms with Crippen LogP contribution in [0.1, 0.15) is 12.5 Å². The van der Waals surface area contributed by atoms with Crippen molar-refractivity contribution in [1.29, 1.82) is 0 Å². The fourth-order valence-electron chi connectivity index (χ4n) is 2.04. The summed E-state index contributed by atoms with van der Waals surface area (Å²) in [6, 6.07) is 10.7. The molecule has 2 rings (SSSR count). The monoisotopic (exact) mass is 354 g/mol. The molecule has 0 aliphatic carbocycles. The van der Waals surface area contributed by atoms with Crippen molar-refractivity contribution in [3.05, 3.63) is 63.9 Å². The van der Waals surface area contributed by atoms with Gasteiger partial charge in [-0.05, 0) is 49.9 Å². The first-order chi connectivity index (χ1) is 10.9. The lowest BCUT2D eigenvalue weighted by atomic mass is 10.2. The number of anilines is 1. The van der Waals surface area contributed by atoms with Gasteiger partial charge in [-0.2, -0.15) is 0 Å². The number of carbonyl (C=O) groups excluding carboxylic acids is 1. The molecule has 0 aliphatic rings. The van der Waals surface area contributed by atoms with Crippen LogP contribution in [0.15, 0.2) is 42.5 Å². The first-order valence-corrected chi connectivity index (χ1v) is 7.83. The third kappa shape index (κ3) is 4.93. The highest BCUT2D eigenvalue weighted by atomic mass is 35.5. The quantitative estimate of drug-likeness (QED) is 0.851. The van der Waals surface area contributed by atoms with Gasteiger partial charge in [0.1, 0.15) is 5.82 Å². The predicted molar refractivity (Wildman–Crippen MR) is 92.4 cm³/mol. The summed E-state index contributed by atoms with van der Waals surface area (Å²) in [6.07, 6.45) is 0. The minimum atomic E-state index is -0.383. The lowest BCUT2D eigenvalue weighted by Gasteiger charge is -2.24. The van der Waals surface area contributed by atoms with Gasteiger partial charge in [-0.3, -0.25) is 9.69 Å². The molecule has 0 fully saturated rings. The Labute approximate surface area is 145 Å². The number of hydrogen-bond acceptors (Lipinski definition) is 2. The molecule has 0 heterocycles. The van der Waals surface area contributed by atoms with Gasteiger partial charge in [0.25, 0.3) is 0 Å². The standard InChI is InChI=1S/C17H17Cl2FN2O/c1-11(22(2)10-12-3-6-14(20)7-4-12)17(23)21-16-8-5-13(18)9-15(16)19/h3-9,11H,10H2,1-2H3,(H,21,23)/t11-/m1/s1. The van der Waals surface area contributed by atoms with Crippen LogP contribution in [0.5, 0.6) is 0 Å². The van der Waals surface area contributed by atoms with Crippen molar-refractivity contribution >= 4 is 34.8 Å². The third-order valence-corrected chi connectivity index (χ3v) is 4.12. The fraction of sp³-hybridized carbons (Fsp3) is 0.235. The summed E-state index contributed by atoms with van der Waals surface area (Å²) in [7, 11) is 1.83. The molecule has 23 heavy (non-hydrogen) atoms. The van der Waals surface area contributed by atoms with E-state index in [1.54, 1.807) is 37.3 Å². The van der Waals surface area contributed by atoms with Crippen LogP contribution < -0.4 is 5.32 Å². The van der Waals surface area contributed by atoms with Gasteiger partial charge >= 0.3 is 0 Å². The topological polar surface area (TPSA) is 32.3 Å². The highest BCUT2D eigenvalue weighted by molar-refractivity contribution is 6.36. The van der Waals surface area contributed by atoms with E-state index in [1.807, 2.05) is 11.9 Å². The maximum Gasteiger partial charge on any atom is 0.241 e. The predicted octanol–water partition coefficient (Wildman–Crippen LogP) is 4.59. The van der Waals surface area contributed by atoms with Crippen molar-refractivity contribution in [1.82, 2.24) is 4.90 Å². The summed E-state index contributed by atoms with van der Waals surface area (Å²) in [5, 5.41) is 3.68. The SMILES string of the molecule is C[C@H](C(=O)Nc1ccc(Cl)cc1Cl)N(C)Cc1ccc(F)cc1. The Balaban J connectivity index is 1.99. The van der Waals surface area contributed by atoms with E-state index in [9.17, 15) is 9.18 Å².